The molecule has 2 aromatic carbocycles. The minimum Gasteiger partial charge on any atom is -0.497 e. The predicted octanol–water partition coefficient (Wildman–Crippen LogP) is 3.30. The van der Waals surface area contributed by atoms with Gasteiger partial charge >= 0.3 is 0 Å². The zero-order chi connectivity index (χ0) is 19.9. The third kappa shape index (κ3) is 4.76. The van der Waals surface area contributed by atoms with Gasteiger partial charge in [0.1, 0.15) is 24.4 Å². The van der Waals surface area contributed by atoms with Crippen LogP contribution in [0.3, 0.4) is 0 Å². The van der Waals surface area contributed by atoms with Crippen molar-refractivity contribution in [3.8, 4) is 11.5 Å². The van der Waals surface area contributed by atoms with Gasteiger partial charge in [0, 0.05) is 18.2 Å². The molecule has 1 N–H and O–H groups in total. The first-order chi connectivity index (χ1) is 13.6. The molecule has 0 spiro atoms. The van der Waals surface area contributed by atoms with Crippen LogP contribution in [0.15, 0.2) is 70.1 Å². The average molecular weight is 383 g/mol. The van der Waals surface area contributed by atoms with Crippen LogP contribution in [0.4, 0.5) is 4.39 Å². The smallest absolute Gasteiger partial charge is 0.287 e. The molecule has 7 heteroatoms. The molecule has 1 heterocycles. The number of hydrogen-bond acceptors (Lipinski definition) is 5. The SMILES string of the molecule is COc1ccc(CNC(=O)c2cc(=O)c(OCc3ccccc3F)co2)cc1. The quantitative estimate of drug-likeness (QED) is 0.677. The van der Waals surface area contributed by atoms with Crippen molar-refractivity contribution in [1.82, 2.24) is 5.32 Å². The molecule has 1 aromatic heterocycles. The van der Waals surface area contributed by atoms with Crippen LogP contribution in [0.1, 0.15) is 21.7 Å². The fourth-order valence-electron chi connectivity index (χ4n) is 2.41. The van der Waals surface area contributed by atoms with Crippen LogP contribution >= 0.6 is 0 Å². The van der Waals surface area contributed by atoms with Crippen molar-refractivity contribution in [2.45, 2.75) is 13.2 Å². The highest BCUT2D eigenvalue weighted by molar-refractivity contribution is 5.91. The monoisotopic (exact) mass is 383 g/mol. The van der Waals surface area contributed by atoms with Crippen LogP contribution < -0.4 is 20.2 Å². The molecule has 0 aliphatic rings. The molecular weight excluding hydrogens is 365 g/mol. The molecule has 0 unspecified atom stereocenters. The van der Waals surface area contributed by atoms with E-state index in [0.717, 1.165) is 17.9 Å². The number of methoxy groups -OCH3 is 1. The van der Waals surface area contributed by atoms with E-state index in [4.69, 9.17) is 13.9 Å². The minimum atomic E-state index is -0.534. The lowest BCUT2D eigenvalue weighted by Gasteiger charge is -2.08. The fraction of sp³-hybridized carbons (Fsp3) is 0.143. The Morgan fingerprint density at radius 2 is 1.89 bits per heavy atom. The van der Waals surface area contributed by atoms with Gasteiger partial charge in [-0.05, 0) is 23.8 Å². The largest absolute Gasteiger partial charge is 0.497 e. The number of ether oxygens (including phenoxy) is 2. The van der Waals surface area contributed by atoms with E-state index in [-0.39, 0.29) is 24.7 Å². The number of halogens is 1. The Kier molecular flexibility index (Phi) is 6.06. The Balaban J connectivity index is 1.60. The van der Waals surface area contributed by atoms with Gasteiger partial charge in [0.2, 0.25) is 11.2 Å². The Morgan fingerprint density at radius 1 is 1.14 bits per heavy atom. The van der Waals surface area contributed by atoms with E-state index in [1.165, 1.54) is 6.07 Å². The number of rotatable bonds is 7. The molecule has 0 bridgehead atoms. The fourth-order valence-corrected chi connectivity index (χ4v) is 2.41. The highest BCUT2D eigenvalue weighted by atomic mass is 19.1. The van der Waals surface area contributed by atoms with Crippen LogP contribution in [0.2, 0.25) is 0 Å². The molecule has 144 valence electrons. The lowest BCUT2D eigenvalue weighted by molar-refractivity contribution is 0.0919. The molecule has 0 saturated carbocycles. The van der Waals surface area contributed by atoms with Crippen LogP contribution in [-0.2, 0) is 13.2 Å². The van der Waals surface area contributed by atoms with E-state index in [9.17, 15) is 14.0 Å². The van der Waals surface area contributed by atoms with Crippen molar-refractivity contribution >= 4 is 5.91 Å². The third-order valence-corrected chi connectivity index (χ3v) is 3.97. The number of nitrogens with one attached hydrogen (secondary N) is 1. The van der Waals surface area contributed by atoms with E-state index in [1.54, 1.807) is 37.4 Å². The second-order valence-corrected chi connectivity index (χ2v) is 5.88. The van der Waals surface area contributed by atoms with E-state index >= 15 is 0 Å². The Hall–Kier alpha value is -3.61. The predicted molar refractivity (Wildman–Crippen MR) is 99.9 cm³/mol. The first-order valence-corrected chi connectivity index (χ1v) is 8.47. The second kappa shape index (κ2) is 8.85. The summed E-state index contributed by atoms with van der Waals surface area (Å²) in [6.45, 7) is 0.137. The van der Waals surface area contributed by atoms with Gasteiger partial charge in [-0.15, -0.1) is 0 Å². The van der Waals surface area contributed by atoms with Crippen molar-refractivity contribution in [2.75, 3.05) is 7.11 Å². The Bertz CT molecular complexity index is 1010. The lowest BCUT2D eigenvalue weighted by atomic mass is 10.2. The summed E-state index contributed by atoms with van der Waals surface area (Å²) < 4.78 is 29.2. The zero-order valence-corrected chi connectivity index (χ0v) is 15.1. The first kappa shape index (κ1) is 19.2. The summed E-state index contributed by atoms with van der Waals surface area (Å²) in [6, 6.07) is 14.3. The number of benzene rings is 2. The highest BCUT2D eigenvalue weighted by Gasteiger charge is 2.12. The van der Waals surface area contributed by atoms with Gasteiger partial charge in [-0.1, -0.05) is 30.3 Å². The maximum atomic E-state index is 13.6. The van der Waals surface area contributed by atoms with Crippen LogP contribution in [0, 0.1) is 5.82 Å². The van der Waals surface area contributed by atoms with Crippen LogP contribution in [0.25, 0.3) is 0 Å². The normalized spacial score (nSPS) is 10.4. The van der Waals surface area contributed by atoms with Gasteiger partial charge in [0.05, 0.1) is 7.11 Å². The summed E-state index contributed by atoms with van der Waals surface area (Å²) in [5, 5.41) is 2.66. The van der Waals surface area contributed by atoms with Gasteiger partial charge in [-0.25, -0.2) is 4.39 Å². The molecule has 0 aliphatic heterocycles. The Labute approximate surface area is 160 Å². The van der Waals surface area contributed by atoms with Gasteiger partial charge < -0.3 is 19.2 Å². The van der Waals surface area contributed by atoms with Gasteiger partial charge in [-0.3, -0.25) is 9.59 Å². The molecule has 6 nitrogen and oxygen atoms in total. The third-order valence-electron chi connectivity index (χ3n) is 3.97. The molecule has 1 amide bonds. The topological polar surface area (TPSA) is 77.8 Å². The van der Waals surface area contributed by atoms with Crippen molar-refractivity contribution in [3.63, 3.8) is 0 Å². The summed E-state index contributed by atoms with van der Waals surface area (Å²) in [5.74, 6) is -0.492. The van der Waals surface area contributed by atoms with Crippen molar-refractivity contribution < 1.29 is 23.1 Å². The summed E-state index contributed by atoms with van der Waals surface area (Å²) >= 11 is 0. The van der Waals surface area contributed by atoms with Gasteiger partial charge in [0.15, 0.2) is 5.76 Å². The molecular formula is C21H18FNO5. The maximum Gasteiger partial charge on any atom is 0.287 e. The minimum absolute atomic E-state index is 0.102. The first-order valence-electron chi connectivity index (χ1n) is 8.47. The molecule has 0 radical (unpaired) electrons. The lowest BCUT2D eigenvalue weighted by Crippen LogP contribution is -2.24. The molecule has 0 fully saturated rings. The summed E-state index contributed by atoms with van der Waals surface area (Å²) in [6.07, 6.45) is 1.05. The zero-order valence-electron chi connectivity index (χ0n) is 15.1. The molecule has 3 rings (SSSR count). The summed E-state index contributed by atoms with van der Waals surface area (Å²) in [5.41, 5.74) is 0.640. The molecule has 3 aromatic rings. The highest BCUT2D eigenvalue weighted by Crippen LogP contribution is 2.13. The van der Waals surface area contributed by atoms with Gasteiger partial charge in [0.25, 0.3) is 5.91 Å². The summed E-state index contributed by atoms with van der Waals surface area (Å²) in [7, 11) is 1.57. The van der Waals surface area contributed by atoms with E-state index in [2.05, 4.69) is 5.32 Å². The average Bonchev–Trinajstić information content (AvgIpc) is 2.72. The van der Waals surface area contributed by atoms with Crippen molar-refractivity contribution in [3.05, 3.63) is 93.8 Å². The molecule has 0 saturated heterocycles. The van der Waals surface area contributed by atoms with Crippen molar-refractivity contribution in [1.29, 1.82) is 0 Å². The number of carbonyl (C=O) groups is 1. The van der Waals surface area contributed by atoms with Crippen LogP contribution in [0.5, 0.6) is 11.5 Å². The van der Waals surface area contributed by atoms with E-state index < -0.39 is 17.2 Å². The number of amides is 1. The summed E-state index contributed by atoms with van der Waals surface area (Å²) in [4.78, 5) is 24.3. The molecule has 28 heavy (non-hydrogen) atoms. The maximum absolute atomic E-state index is 13.6. The van der Waals surface area contributed by atoms with E-state index in [1.807, 2.05) is 12.1 Å². The number of hydrogen-bond donors (Lipinski definition) is 1. The number of carbonyl (C=O) groups excluding carboxylic acids is 1. The van der Waals surface area contributed by atoms with Crippen molar-refractivity contribution in [2.24, 2.45) is 0 Å². The second-order valence-electron chi connectivity index (χ2n) is 5.88. The Morgan fingerprint density at radius 3 is 2.57 bits per heavy atom. The molecule has 0 aliphatic carbocycles. The van der Waals surface area contributed by atoms with Gasteiger partial charge in [-0.2, -0.15) is 0 Å². The van der Waals surface area contributed by atoms with E-state index in [0.29, 0.717) is 11.3 Å². The van der Waals surface area contributed by atoms with Crippen LogP contribution in [-0.4, -0.2) is 13.0 Å². The standard InChI is InChI=1S/C21H18FNO5/c1-26-16-8-6-14(7-9-16)11-23-21(25)19-10-18(24)20(13-28-19)27-12-15-4-2-3-5-17(15)22/h2-10,13H,11-12H2,1H3,(H,23,25). The molecule has 0 atom stereocenters.